The Labute approximate surface area is 124 Å². The fourth-order valence-corrected chi connectivity index (χ4v) is 3.20. The molecule has 116 valence electrons. The van der Waals surface area contributed by atoms with Gasteiger partial charge in [-0.2, -0.15) is 0 Å². The van der Waals surface area contributed by atoms with Crippen LogP contribution in [0.1, 0.15) is 53.8 Å². The Hall–Kier alpha value is -1.47. The van der Waals surface area contributed by atoms with Crippen molar-refractivity contribution in [2.45, 2.75) is 37.6 Å². The highest BCUT2D eigenvalue weighted by Gasteiger charge is 2.31. The molecule has 1 aromatic rings. The second-order valence-electron chi connectivity index (χ2n) is 5.65. The molecule has 0 saturated carbocycles. The van der Waals surface area contributed by atoms with Crippen LogP contribution in [0.15, 0.2) is 0 Å². The summed E-state index contributed by atoms with van der Waals surface area (Å²) >= 11 is 0. The third-order valence-corrected chi connectivity index (χ3v) is 4.32. The first kappa shape index (κ1) is 14.5. The van der Waals surface area contributed by atoms with Crippen molar-refractivity contribution in [1.82, 2.24) is 20.3 Å². The summed E-state index contributed by atoms with van der Waals surface area (Å²) in [6.07, 6.45) is 4.02. The summed E-state index contributed by atoms with van der Waals surface area (Å²) < 4.78 is 12.3. The van der Waals surface area contributed by atoms with Crippen LogP contribution in [0.25, 0.3) is 0 Å². The number of ether oxygens (including phenoxy) is 2. The summed E-state index contributed by atoms with van der Waals surface area (Å²) in [5.41, 5.74) is 1.30. The molecule has 1 N–H and O–H groups in total. The van der Waals surface area contributed by atoms with E-state index in [1.54, 1.807) is 0 Å². The SMILES string of the molecule is COC(=O)c1nnn(C2CCCOC2)c1C1CCNCC1. The average molecular weight is 294 g/mol. The molecule has 0 bridgehead atoms. The zero-order valence-corrected chi connectivity index (χ0v) is 12.4. The maximum Gasteiger partial charge on any atom is 0.360 e. The standard InChI is InChI=1S/C14H22N4O3/c1-20-14(19)12-13(10-4-6-15-7-5-10)18(17-16-12)11-3-2-8-21-9-11/h10-11,15H,2-9H2,1H3. The van der Waals surface area contributed by atoms with Crippen molar-refractivity contribution in [3.63, 3.8) is 0 Å². The predicted molar refractivity (Wildman–Crippen MR) is 75.3 cm³/mol. The number of hydrogen-bond acceptors (Lipinski definition) is 6. The van der Waals surface area contributed by atoms with Gasteiger partial charge in [0, 0.05) is 12.5 Å². The lowest BCUT2D eigenvalue weighted by Crippen LogP contribution is -2.31. The number of esters is 1. The van der Waals surface area contributed by atoms with E-state index in [4.69, 9.17) is 9.47 Å². The van der Waals surface area contributed by atoms with Gasteiger partial charge in [0.05, 0.1) is 25.5 Å². The lowest BCUT2D eigenvalue weighted by atomic mass is 9.92. The predicted octanol–water partition coefficient (Wildman–Crippen LogP) is 0.883. The smallest absolute Gasteiger partial charge is 0.360 e. The fraction of sp³-hybridized carbons (Fsp3) is 0.786. The Morgan fingerprint density at radius 2 is 2.19 bits per heavy atom. The fourth-order valence-electron chi connectivity index (χ4n) is 3.20. The van der Waals surface area contributed by atoms with E-state index < -0.39 is 5.97 Å². The van der Waals surface area contributed by atoms with Gasteiger partial charge in [-0.3, -0.25) is 0 Å². The lowest BCUT2D eigenvalue weighted by molar-refractivity contribution is 0.0522. The Bertz CT molecular complexity index is 490. The first-order valence-corrected chi connectivity index (χ1v) is 7.63. The topological polar surface area (TPSA) is 78.3 Å². The highest BCUT2D eigenvalue weighted by Crippen LogP contribution is 2.31. The zero-order valence-electron chi connectivity index (χ0n) is 12.4. The first-order valence-electron chi connectivity index (χ1n) is 7.63. The second-order valence-corrected chi connectivity index (χ2v) is 5.65. The molecule has 1 unspecified atom stereocenters. The Morgan fingerprint density at radius 1 is 1.38 bits per heavy atom. The number of carbonyl (C=O) groups is 1. The minimum absolute atomic E-state index is 0.176. The van der Waals surface area contributed by atoms with E-state index in [1.165, 1.54) is 7.11 Å². The van der Waals surface area contributed by atoms with Crippen molar-refractivity contribution in [3.8, 4) is 0 Å². The molecule has 2 saturated heterocycles. The van der Waals surface area contributed by atoms with E-state index in [9.17, 15) is 4.79 Å². The van der Waals surface area contributed by atoms with Crippen LogP contribution < -0.4 is 5.32 Å². The monoisotopic (exact) mass is 294 g/mol. The number of nitrogens with zero attached hydrogens (tertiary/aromatic N) is 3. The van der Waals surface area contributed by atoms with Gasteiger partial charge in [0.25, 0.3) is 0 Å². The highest BCUT2D eigenvalue weighted by atomic mass is 16.5. The molecular weight excluding hydrogens is 272 g/mol. The maximum atomic E-state index is 12.0. The van der Waals surface area contributed by atoms with Crippen molar-refractivity contribution in [2.24, 2.45) is 0 Å². The molecule has 7 nitrogen and oxygen atoms in total. The van der Waals surface area contributed by atoms with Gasteiger partial charge in [-0.1, -0.05) is 5.21 Å². The molecule has 0 aromatic carbocycles. The van der Waals surface area contributed by atoms with Crippen molar-refractivity contribution >= 4 is 5.97 Å². The molecule has 21 heavy (non-hydrogen) atoms. The summed E-state index contributed by atoms with van der Waals surface area (Å²) in [6.45, 7) is 3.36. The molecule has 2 aliphatic heterocycles. The molecule has 3 rings (SSSR count). The number of methoxy groups -OCH3 is 1. The number of hydrogen-bond donors (Lipinski definition) is 1. The summed E-state index contributed by atoms with van der Waals surface area (Å²) in [5.74, 6) is -0.0937. The molecule has 0 radical (unpaired) electrons. The van der Waals surface area contributed by atoms with Crippen LogP contribution in [0.3, 0.4) is 0 Å². The molecule has 2 fully saturated rings. The van der Waals surface area contributed by atoms with E-state index in [0.29, 0.717) is 18.2 Å². The number of piperidine rings is 1. The molecular formula is C14H22N4O3. The van der Waals surface area contributed by atoms with Gasteiger partial charge in [-0.25, -0.2) is 9.48 Å². The van der Waals surface area contributed by atoms with Gasteiger partial charge in [0.2, 0.25) is 0 Å². The van der Waals surface area contributed by atoms with Gasteiger partial charge in [0.15, 0.2) is 5.69 Å². The second kappa shape index (κ2) is 6.53. The molecule has 0 aliphatic carbocycles. The van der Waals surface area contributed by atoms with Crippen LogP contribution in [0.2, 0.25) is 0 Å². The van der Waals surface area contributed by atoms with Crippen molar-refractivity contribution < 1.29 is 14.3 Å². The third kappa shape index (κ3) is 2.94. The van der Waals surface area contributed by atoms with Gasteiger partial charge in [0.1, 0.15) is 0 Å². The molecule has 2 aliphatic rings. The number of aromatic nitrogens is 3. The molecule has 1 atom stereocenters. The van der Waals surface area contributed by atoms with Gasteiger partial charge in [-0.15, -0.1) is 5.10 Å². The summed E-state index contributed by atoms with van der Waals surface area (Å²) in [5, 5.41) is 11.7. The third-order valence-electron chi connectivity index (χ3n) is 4.32. The van der Waals surface area contributed by atoms with E-state index in [1.807, 2.05) is 4.68 Å². The molecule has 0 spiro atoms. The minimum atomic E-state index is -0.397. The molecule has 7 heteroatoms. The largest absolute Gasteiger partial charge is 0.464 e. The Kier molecular flexibility index (Phi) is 4.50. The summed E-state index contributed by atoms with van der Waals surface area (Å²) in [6, 6.07) is 0.176. The zero-order chi connectivity index (χ0) is 14.7. The van der Waals surface area contributed by atoms with E-state index >= 15 is 0 Å². The number of nitrogens with one attached hydrogen (secondary N) is 1. The first-order chi connectivity index (χ1) is 10.3. The summed E-state index contributed by atoms with van der Waals surface area (Å²) in [7, 11) is 1.39. The van der Waals surface area contributed by atoms with Crippen molar-refractivity contribution in [2.75, 3.05) is 33.4 Å². The van der Waals surface area contributed by atoms with Gasteiger partial charge >= 0.3 is 5.97 Å². The lowest BCUT2D eigenvalue weighted by Gasteiger charge is -2.28. The van der Waals surface area contributed by atoms with Crippen LogP contribution in [0, 0.1) is 0 Å². The molecule has 1 aromatic heterocycles. The Balaban J connectivity index is 1.94. The Morgan fingerprint density at radius 3 is 2.86 bits per heavy atom. The van der Waals surface area contributed by atoms with Gasteiger partial charge in [-0.05, 0) is 38.8 Å². The molecule has 3 heterocycles. The quantitative estimate of drug-likeness (QED) is 0.834. The van der Waals surface area contributed by atoms with Crippen LogP contribution in [-0.4, -0.2) is 54.4 Å². The van der Waals surface area contributed by atoms with Crippen LogP contribution in [0.5, 0.6) is 0 Å². The van der Waals surface area contributed by atoms with E-state index in [0.717, 1.165) is 51.1 Å². The maximum absolute atomic E-state index is 12.0. The number of carbonyl (C=O) groups excluding carboxylic acids is 1. The van der Waals surface area contributed by atoms with E-state index in [-0.39, 0.29) is 6.04 Å². The highest BCUT2D eigenvalue weighted by molar-refractivity contribution is 5.88. The van der Waals surface area contributed by atoms with Gasteiger partial charge < -0.3 is 14.8 Å². The van der Waals surface area contributed by atoms with Crippen LogP contribution >= 0.6 is 0 Å². The molecule has 0 amide bonds. The minimum Gasteiger partial charge on any atom is -0.464 e. The van der Waals surface area contributed by atoms with E-state index in [2.05, 4.69) is 15.6 Å². The van der Waals surface area contributed by atoms with Crippen molar-refractivity contribution in [1.29, 1.82) is 0 Å². The normalized spacial score (nSPS) is 24.0. The average Bonchev–Trinajstić information content (AvgIpc) is 3.00. The summed E-state index contributed by atoms with van der Waals surface area (Å²) in [4.78, 5) is 12.0. The van der Waals surface area contributed by atoms with Crippen molar-refractivity contribution in [3.05, 3.63) is 11.4 Å². The van der Waals surface area contributed by atoms with Crippen LogP contribution in [0.4, 0.5) is 0 Å². The van der Waals surface area contributed by atoms with Crippen LogP contribution in [-0.2, 0) is 9.47 Å². The number of rotatable bonds is 3.